The molecule has 0 N–H and O–H groups in total. The molecule has 4 nitrogen and oxygen atoms in total. The average molecular weight is 208 g/mol. The zero-order valence-electron chi connectivity index (χ0n) is 8.21. The predicted molar refractivity (Wildman–Crippen MR) is 55.2 cm³/mol. The molecule has 2 rings (SSSR count). The molecule has 0 aliphatic heterocycles. The minimum Gasteiger partial charge on any atom is -0.376 e. The number of aromatic nitrogens is 1. The standard InChI is InChI=1S/C12H6N3O/c13-8-10-5-11(9-14)7-12(6-10)16-15-3-1-2-4-15/h1,3-7H. The number of hydrogen-bond acceptors (Lipinski definition) is 3. The Kier molecular flexibility index (Phi) is 2.58. The van der Waals surface area contributed by atoms with Crippen LogP contribution in [0.4, 0.5) is 0 Å². The van der Waals surface area contributed by atoms with E-state index in [4.69, 9.17) is 15.4 Å². The molecule has 0 unspecified atom stereocenters. The number of nitriles is 2. The second-order valence-electron chi connectivity index (χ2n) is 3.03. The summed E-state index contributed by atoms with van der Waals surface area (Å²) in [4.78, 5) is 5.39. The largest absolute Gasteiger partial charge is 0.376 e. The van der Waals surface area contributed by atoms with Crippen LogP contribution in [-0.4, -0.2) is 4.73 Å². The van der Waals surface area contributed by atoms with Crippen LogP contribution in [0.2, 0.25) is 0 Å². The van der Waals surface area contributed by atoms with Crippen molar-refractivity contribution in [3.63, 3.8) is 0 Å². The number of rotatable bonds is 2. The molecule has 0 saturated heterocycles. The zero-order valence-corrected chi connectivity index (χ0v) is 8.21. The Labute approximate surface area is 92.5 Å². The van der Waals surface area contributed by atoms with Crippen LogP contribution in [-0.2, 0) is 0 Å². The monoisotopic (exact) mass is 208 g/mol. The van der Waals surface area contributed by atoms with E-state index in [-0.39, 0.29) is 0 Å². The molecule has 0 bridgehead atoms. The van der Waals surface area contributed by atoms with Crippen molar-refractivity contribution in [2.75, 3.05) is 0 Å². The molecule has 0 atom stereocenters. The summed E-state index contributed by atoms with van der Waals surface area (Å²) in [7, 11) is 0. The lowest BCUT2D eigenvalue weighted by Crippen LogP contribution is -2.01. The van der Waals surface area contributed by atoms with Crippen LogP contribution < -0.4 is 4.84 Å². The molecular weight excluding hydrogens is 202 g/mol. The Bertz CT molecular complexity index is 541. The topological polar surface area (TPSA) is 61.7 Å². The van der Waals surface area contributed by atoms with Crippen LogP contribution in [0.15, 0.2) is 36.7 Å². The van der Waals surface area contributed by atoms with Crippen molar-refractivity contribution in [1.82, 2.24) is 4.73 Å². The fraction of sp³-hybridized carbons (Fsp3) is 0. The summed E-state index contributed by atoms with van der Waals surface area (Å²) in [6.07, 6.45) is 3.27. The third-order valence-electron chi connectivity index (χ3n) is 1.90. The van der Waals surface area contributed by atoms with E-state index in [0.717, 1.165) is 0 Å². The Morgan fingerprint density at radius 2 is 1.81 bits per heavy atom. The van der Waals surface area contributed by atoms with Crippen molar-refractivity contribution in [3.8, 4) is 17.9 Å². The van der Waals surface area contributed by atoms with E-state index >= 15 is 0 Å². The first-order valence-corrected chi connectivity index (χ1v) is 4.49. The predicted octanol–water partition coefficient (Wildman–Crippen LogP) is 1.87. The van der Waals surface area contributed by atoms with Crippen molar-refractivity contribution in [1.29, 1.82) is 10.5 Å². The second-order valence-corrected chi connectivity index (χ2v) is 3.03. The highest BCUT2D eigenvalue weighted by Gasteiger charge is 2.02. The normalized spacial score (nSPS) is 9.12. The van der Waals surface area contributed by atoms with Crippen LogP contribution >= 0.6 is 0 Å². The maximum absolute atomic E-state index is 8.78. The minimum absolute atomic E-state index is 0.394. The van der Waals surface area contributed by atoms with E-state index in [2.05, 4.69) is 6.07 Å². The summed E-state index contributed by atoms with van der Waals surface area (Å²) >= 11 is 0. The quantitative estimate of drug-likeness (QED) is 0.756. The zero-order chi connectivity index (χ0) is 11.4. The molecule has 0 aliphatic carbocycles. The maximum atomic E-state index is 8.78. The van der Waals surface area contributed by atoms with Crippen LogP contribution in [0.1, 0.15) is 11.1 Å². The van der Waals surface area contributed by atoms with Crippen LogP contribution in [0, 0.1) is 28.7 Å². The fourth-order valence-corrected chi connectivity index (χ4v) is 1.24. The van der Waals surface area contributed by atoms with Crippen LogP contribution in [0.5, 0.6) is 5.75 Å². The highest BCUT2D eigenvalue weighted by atomic mass is 16.7. The molecule has 1 aromatic carbocycles. The average Bonchev–Trinajstić information content (AvgIpc) is 2.81. The van der Waals surface area contributed by atoms with Gasteiger partial charge < -0.3 is 4.84 Å². The molecule has 75 valence electrons. The van der Waals surface area contributed by atoms with Gasteiger partial charge in [-0.1, -0.05) is 0 Å². The van der Waals surface area contributed by atoms with E-state index in [9.17, 15) is 0 Å². The van der Waals surface area contributed by atoms with E-state index in [1.54, 1.807) is 30.6 Å². The lowest BCUT2D eigenvalue weighted by atomic mass is 10.1. The van der Waals surface area contributed by atoms with Gasteiger partial charge in [-0.15, -0.1) is 0 Å². The SMILES string of the molecule is N#Cc1cc(C#N)cc(On2c[c]cc2)c1. The molecule has 1 radical (unpaired) electrons. The van der Waals surface area contributed by atoms with Gasteiger partial charge in [0.05, 0.1) is 29.5 Å². The van der Waals surface area contributed by atoms with E-state index in [1.165, 1.54) is 10.8 Å². The van der Waals surface area contributed by atoms with Gasteiger partial charge in [0, 0.05) is 24.4 Å². The highest BCUT2D eigenvalue weighted by molar-refractivity contribution is 5.45. The lowest BCUT2D eigenvalue weighted by Gasteiger charge is -2.05. The first-order chi connectivity index (χ1) is 7.81. The van der Waals surface area contributed by atoms with Crippen LogP contribution in [0.25, 0.3) is 0 Å². The summed E-state index contributed by atoms with van der Waals surface area (Å²) in [6, 6.07) is 13.1. The molecule has 0 amide bonds. The molecule has 1 heterocycles. The molecule has 2 aromatic rings. The van der Waals surface area contributed by atoms with Gasteiger partial charge in [0.1, 0.15) is 0 Å². The first-order valence-electron chi connectivity index (χ1n) is 4.49. The Morgan fingerprint density at radius 1 is 1.12 bits per heavy atom. The van der Waals surface area contributed by atoms with Crippen molar-refractivity contribution < 1.29 is 4.84 Å². The van der Waals surface area contributed by atoms with Crippen LogP contribution in [0.3, 0.4) is 0 Å². The van der Waals surface area contributed by atoms with Gasteiger partial charge in [0.25, 0.3) is 0 Å². The molecule has 1 aromatic heterocycles. The van der Waals surface area contributed by atoms with Gasteiger partial charge in [-0.25, -0.2) is 0 Å². The second kappa shape index (κ2) is 4.20. The summed E-state index contributed by atoms with van der Waals surface area (Å²) in [5.74, 6) is 0.445. The summed E-state index contributed by atoms with van der Waals surface area (Å²) in [5, 5.41) is 17.6. The Hall–Kier alpha value is -2.72. The van der Waals surface area contributed by atoms with Gasteiger partial charge in [0.15, 0.2) is 5.75 Å². The van der Waals surface area contributed by atoms with Crippen molar-refractivity contribution in [2.24, 2.45) is 0 Å². The molecule has 4 heteroatoms. The fourth-order valence-electron chi connectivity index (χ4n) is 1.24. The smallest absolute Gasteiger partial charge is 0.158 e. The molecule has 0 fully saturated rings. The van der Waals surface area contributed by atoms with Crippen molar-refractivity contribution in [3.05, 3.63) is 53.9 Å². The maximum Gasteiger partial charge on any atom is 0.158 e. The first kappa shape index (κ1) is 9.82. The van der Waals surface area contributed by atoms with E-state index in [0.29, 0.717) is 16.9 Å². The Morgan fingerprint density at radius 3 is 2.31 bits per heavy atom. The van der Waals surface area contributed by atoms with Gasteiger partial charge in [-0.05, 0) is 12.1 Å². The molecule has 0 saturated carbocycles. The Balaban J connectivity index is 2.35. The third kappa shape index (κ3) is 2.02. The number of benzene rings is 1. The summed E-state index contributed by atoms with van der Waals surface area (Å²) in [5.41, 5.74) is 0.787. The van der Waals surface area contributed by atoms with Crippen molar-refractivity contribution in [2.45, 2.75) is 0 Å². The molecular formula is C12H6N3O. The van der Waals surface area contributed by atoms with Crippen molar-refractivity contribution >= 4 is 0 Å². The lowest BCUT2D eigenvalue weighted by molar-refractivity contribution is 0.217. The number of hydrogen-bond donors (Lipinski definition) is 0. The third-order valence-corrected chi connectivity index (χ3v) is 1.90. The van der Waals surface area contributed by atoms with Gasteiger partial charge in [0.2, 0.25) is 0 Å². The molecule has 16 heavy (non-hydrogen) atoms. The summed E-state index contributed by atoms with van der Waals surface area (Å²) < 4.78 is 1.44. The molecule has 0 aliphatic rings. The van der Waals surface area contributed by atoms with Gasteiger partial charge in [-0.2, -0.15) is 15.3 Å². The minimum atomic E-state index is 0.394. The van der Waals surface area contributed by atoms with E-state index < -0.39 is 0 Å². The number of nitrogens with zero attached hydrogens (tertiary/aromatic N) is 3. The summed E-state index contributed by atoms with van der Waals surface area (Å²) in [6.45, 7) is 0. The van der Waals surface area contributed by atoms with Gasteiger partial charge >= 0.3 is 0 Å². The molecule has 0 spiro atoms. The highest BCUT2D eigenvalue weighted by Crippen LogP contribution is 2.16. The van der Waals surface area contributed by atoms with Gasteiger partial charge in [-0.3, -0.25) is 0 Å². The van der Waals surface area contributed by atoms with E-state index in [1.807, 2.05) is 12.1 Å².